The number of hydrogen-bond acceptors (Lipinski definition) is 6. The number of amides is 1. The zero-order valence-electron chi connectivity index (χ0n) is 18.6. The minimum Gasteiger partial charge on any atom is -0.497 e. The lowest BCUT2D eigenvalue weighted by Crippen LogP contribution is -2.20. The lowest BCUT2D eigenvalue weighted by atomic mass is 10.1. The van der Waals surface area contributed by atoms with Crippen LogP contribution in [0.5, 0.6) is 5.75 Å². The predicted octanol–water partition coefficient (Wildman–Crippen LogP) is 3.83. The van der Waals surface area contributed by atoms with Gasteiger partial charge >= 0.3 is 0 Å². The highest BCUT2D eigenvalue weighted by molar-refractivity contribution is 7.99. The number of rotatable bonds is 8. The molecule has 4 aromatic rings. The Kier molecular flexibility index (Phi) is 6.89. The molecule has 2 aromatic heterocycles. The molecule has 0 spiro atoms. The highest BCUT2D eigenvalue weighted by Crippen LogP contribution is 2.29. The van der Waals surface area contributed by atoms with Crippen LogP contribution in [0.25, 0.3) is 17.1 Å². The molecule has 8 nitrogen and oxygen atoms in total. The molecule has 168 valence electrons. The molecular formula is C24H24N6O2S. The van der Waals surface area contributed by atoms with E-state index in [1.807, 2.05) is 90.0 Å². The van der Waals surface area contributed by atoms with Gasteiger partial charge in [0.25, 0.3) is 5.91 Å². The number of nitrogens with zero attached hydrogens (tertiary/aromatic N) is 5. The van der Waals surface area contributed by atoms with E-state index in [9.17, 15) is 4.79 Å². The van der Waals surface area contributed by atoms with E-state index in [1.54, 1.807) is 13.3 Å². The monoisotopic (exact) mass is 460 g/mol. The minimum atomic E-state index is -0.230. The van der Waals surface area contributed by atoms with Crippen molar-refractivity contribution >= 4 is 23.9 Å². The van der Waals surface area contributed by atoms with Crippen LogP contribution in [0.1, 0.15) is 11.3 Å². The van der Waals surface area contributed by atoms with Gasteiger partial charge < -0.3 is 9.30 Å². The number of aromatic nitrogens is 4. The van der Waals surface area contributed by atoms with Gasteiger partial charge in [0, 0.05) is 24.5 Å². The highest BCUT2D eigenvalue weighted by Gasteiger charge is 2.17. The number of hydrogen-bond donors (Lipinski definition) is 1. The molecule has 0 aliphatic heterocycles. The number of carbonyl (C=O) groups excluding carboxylic acids is 1. The quantitative estimate of drug-likeness (QED) is 0.245. The molecule has 2 aromatic carbocycles. The van der Waals surface area contributed by atoms with Gasteiger partial charge in [0.05, 0.1) is 24.8 Å². The van der Waals surface area contributed by atoms with Crippen molar-refractivity contribution < 1.29 is 9.53 Å². The first-order valence-electron chi connectivity index (χ1n) is 10.3. The Morgan fingerprint density at radius 1 is 1.12 bits per heavy atom. The Hall–Kier alpha value is -3.85. The van der Waals surface area contributed by atoms with Crippen molar-refractivity contribution in [3.05, 3.63) is 78.1 Å². The smallest absolute Gasteiger partial charge is 0.250 e. The molecule has 0 saturated carbocycles. The molecule has 0 bridgehead atoms. The second-order valence-electron chi connectivity index (χ2n) is 7.33. The second-order valence-corrected chi connectivity index (χ2v) is 8.27. The molecule has 1 N–H and O–H groups in total. The summed E-state index contributed by atoms with van der Waals surface area (Å²) < 4.78 is 9.13. The van der Waals surface area contributed by atoms with Crippen LogP contribution in [0.3, 0.4) is 0 Å². The van der Waals surface area contributed by atoms with Crippen molar-refractivity contribution in [2.75, 3.05) is 12.9 Å². The standard InChI is InChI=1S/C24H24N6O2S/c1-17-6-8-18(9-7-17)23-27-28-24(30(23)19-10-12-21(32-3)13-11-19)33-16-22(31)26-25-15-20-5-4-14-29(20)2/h4-15H,16H2,1-3H3,(H,26,31). The third-order valence-electron chi connectivity index (χ3n) is 4.98. The molecule has 0 aliphatic rings. The molecule has 9 heteroatoms. The summed E-state index contributed by atoms with van der Waals surface area (Å²) in [5.41, 5.74) is 6.43. The van der Waals surface area contributed by atoms with Crippen molar-refractivity contribution in [1.29, 1.82) is 0 Å². The van der Waals surface area contributed by atoms with Crippen molar-refractivity contribution in [3.8, 4) is 22.8 Å². The summed E-state index contributed by atoms with van der Waals surface area (Å²) in [7, 11) is 3.54. The number of benzene rings is 2. The summed E-state index contributed by atoms with van der Waals surface area (Å²) >= 11 is 1.30. The topological polar surface area (TPSA) is 86.3 Å². The average molecular weight is 461 g/mol. The van der Waals surface area contributed by atoms with Gasteiger partial charge in [0.1, 0.15) is 5.75 Å². The number of nitrogens with one attached hydrogen (secondary N) is 1. The number of methoxy groups -OCH3 is 1. The van der Waals surface area contributed by atoms with E-state index in [1.165, 1.54) is 11.8 Å². The summed E-state index contributed by atoms with van der Waals surface area (Å²) in [6.07, 6.45) is 3.52. The molecule has 0 fully saturated rings. The van der Waals surface area contributed by atoms with Gasteiger partial charge in [-0.3, -0.25) is 9.36 Å². The first-order valence-corrected chi connectivity index (χ1v) is 11.3. The maximum absolute atomic E-state index is 12.3. The van der Waals surface area contributed by atoms with Crippen LogP contribution >= 0.6 is 11.8 Å². The van der Waals surface area contributed by atoms with Crippen LogP contribution in [0, 0.1) is 6.92 Å². The Labute approximate surface area is 196 Å². The molecule has 1 amide bonds. The molecule has 4 rings (SSSR count). The van der Waals surface area contributed by atoms with Gasteiger partial charge in [0.15, 0.2) is 11.0 Å². The average Bonchev–Trinajstić information content (AvgIpc) is 3.44. The SMILES string of the molecule is COc1ccc(-n2c(SCC(=O)NN=Cc3cccn3C)nnc2-c2ccc(C)cc2)cc1. The van der Waals surface area contributed by atoms with Gasteiger partial charge in [-0.1, -0.05) is 41.6 Å². The molecule has 0 aliphatic carbocycles. The van der Waals surface area contributed by atoms with Gasteiger partial charge in [-0.2, -0.15) is 5.10 Å². The van der Waals surface area contributed by atoms with E-state index in [-0.39, 0.29) is 11.7 Å². The van der Waals surface area contributed by atoms with Crippen molar-refractivity contribution in [2.45, 2.75) is 12.1 Å². The van der Waals surface area contributed by atoms with Gasteiger partial charge in [0.2, 0.25) is 0 Å². The van der Waals surface area contributed by atoms with Gasteiger partial charge in [-0.05, 0) is 43.3 Å². The summed E-state index contributed by atoms with van der Waals surface area (Å²) in [5, 5.41) is 13.4. The lowest BCUT2D eigenvalue weighted by molar-refractivity contribution is -0.118. The van der Waals surface area contributed by atoms with E-state index in [4.69, 9.17) is 4.74 Å². The Morgan fingerprint density at radius 3 is 2.55 bits per heavy atom. The number of aryl methyl sites for hydroxylation is 2. The Bertz CT molecular complexity index is 1260. The summed E-state index contributed by atoms with van der Waals surface area (Å²) in [5.74, 6) is 1.37. The molecule has 0 atom stereocenters. The van der Waals surface area contributed by atoms with Crippen LogP contribution in [0.2, 0.25) is 0 Å². The number of thioether (sulfide) groups is 1. The lowest BCUT2D eigenvalue weighted by Gasteiger charge is -2.11. The number of carbonyl (C=O) groups is 1. The molecule has 2 heterocycles. The first-order chi connectivity index (χ1) is 16.0. The van der Waals surface area contributed by atoms with Crippen LogP contribution in [-0.2, 0) is 11.8 Å². The Balaban J connectivity index is 1.54. The molecule has 0 radical (unpaired) electrons. The summed E-state index contributed by atoms with van der Waals surface area (Å²) in [6.45, 7) is 2.04. The van der Waals surface area contributed by atoms with E-state index < -0.39 is 0 Å². The van der Waals surface area contributed by atoms with Crippen molar-refractivity contribution in [3.63, 3.8) is 0 Å². The summed E-state index contributed by atoms with van der Waals surface area (Å²) in [6, 6.07) is 19.6. The van der Waals surface area contributed by atoms with Gasteiger partial charge in [-0.25, -0.2) is 5.43 Å². The molecular weight excluding hydrogens is 436 g/mol. The highest BCUT2D eigenvalue weighted by atomic mass is 32.2. The minimum absolute atomic E-state index is 0.145. The largest absolute Gasteiger partial charge is 0.497 e. The van der Waals surface area contributed by atoms with Crippen molar-refractivity contribution in [1.82, 2.24) is 24.8 Å². The van der Waals surface area contributed by atoms with Crippen LogP contribution in [0.15, 0.2) is 77.1 Å². The maximum Gasteiger partial charge on any atom is 0.250 e. The predicted molar refractivity (Wildman–Crippen MR) is 130 cm³/mol. The van der Waals surface area contributed by atoms with Crippen LogP contribution in [0.4, 0.5) is 0 Å². The Morgan fingerprint density at radius 2 is 1.88 bits per heavy atom. The third-order valence-corrected chi connectivity index (χ3v) is 5.91. The van der Waals surface area contributed by atoms with E-state index in [0.717, 1.165) is 28.3 Å². The second kappa shape index (κ2) is 10.2. The maximum atomic E-state index is 12.3. The van der Waals surface area contributed by atoms with Crippen LogP contribution < -0.4 is 10.2 Å². The molecule has 33 heavy (non-hydrogen) atoms. The first kappa shape index (κ1) is 22.3. The fraction of sp³-hybridized carbons (Fsp3) is 0.167. The van der Waals surface area contributed by atoms with Gasteiger partial charge in [-0.15, -0.1) is 10.2 Å². The molecule has 0 unspecified atom stereocenters. The normalized spacial score (nSPS) is 11.1. The van der Waals surface area contributed by atoms with E-state index in [0.29, 0.717) is 11.0 Å². The van der Waals surface area contributed by atoms with E-state index in [2.05, 4.69) is 20.7 Å². The molecule has 0 saturated heterocycles. The summed E-state index contributed by atoms with van der Waals surface area (Å²) in [4.78, 5) is 12.3. The number of ether oxygens (including phenoxy) is 1. The van der Waals surface area contributed by atoms with Crippen molar-refractivity contribution in [2.24, 2.45) is 12.1 Å². The third kappa shape index (κ3) is 5.32. The fourth-order valence-corrected chi connectivity index (χ4v) is 3.90. The van der Waals surface area contributed by atoms with E-state index >= 15 is 0 Å². The zero-order chi connectivity index (χ0) is 23.2. The number of hydrazone groups is 1. The van der Waals surface area contributed by atoms with Crippen LogP contribution in [-0.4, -0.2) is 44.3 Å². The zero-order valence-corrected chi connectivity index (χ0v) is 19.4. The fourth-order valence-electron chi connectivity index (χ4n) is 3.16.